The summed E-state index contributed by atoms with van der Waals surface area (Å²) in [5.74, 6) is 0.892. The Bertz CT molecular complexity index is 134. The summed E-state index contributed by atoms with van der Waals surface area (Å²) in [4.78, 5) is 11.5. The van der Waals surface area contributed by atoms with Crippen LogP contribution in [-0.2, 0) is 4.79 Å². The van der Waals surface area contributed by atoms with Crippen molar-refractivity contribution in [2.24, 2.45) is 11.3 Å². The minimum Gasteiger partial charge on any atom is -0.299 e. The fraction of sp³-hybridized carbons (Fsp3) is 0.900. The Hall–Kier alpha value is -0.330. The molecule has 0 saturated carbocycles. The van der Waals surface area contributed by atoms with E-state index < -0.39 is 0 Å². The van der Waals surface area contributed by atoms with Gasteiger partial charge < -0.3 is 0 Å². The molecule has 1 nitrogen and oxygen atoms in total. The van der Waals surface area contributed by atoms with Crippen molar-refractivity contribution in [1.29, 1.82) is 0 Å². The van der Waals surface area contributed by atoms with Gasteiger partial charge in [-0.05, 0) is 12.3 Å². The standard InChI is InChI=1S/C10H20O/c1-6-10(4,5)9(11)7-8(2)3/h8H,6-7H2,1-5H3. The average Bonchev–Trinajstić information content (AvgIpc) is 1.86. The van der Waals surface area contributed by atoms with Gasteiger partial charge in [-0.25, -0.2) is 0 Å². The van der Waals surface area contributed by atoms with Gasteiger partial charge >= 0.3 is 0 Å². The minimum absolute atomic E-state index is 0.107. The summed E-state index contributed by atoms with van der Waals surface area (Å²) in [6.07, 6.45) is 1.67. The van der Waals surface area contributed by atoms with Gasteiger partial charge in [-0.2, -0.15) is 0 Å². The van der Waals surface area contributed by atoms with E-state index >= 15 is 0 Å². The number of hydrogen-bond donors (Lipinski definition) is 0. The maximum absolute atomic E-state index is 11.5. The van der Waals surface area contributed by atoms with Crippen LogP contribution in [0, 0.1) is 11.3 Å². The highest BCUT2D eigenvalue weighted by Crippen LogP contribution is 2.24. The fourth-order valence-electron chi connectivity index (χ4n) is 0.844. The van der Waals surface area contributed by atoms with E-state index in [2.05, 4.69) is 20.8 Å². The molecule has 0 amide bonds. The van der Waals surface area contributed by atoms with Crippen LogP contribution in [0.2, 0.25) is 0 Å². The molecule has 1 heteroatoms. The lowest BCUT2D eigenvalue weighted by atomic mass is 9.82. The molecule has 0 aromatic heterocycles. The molecule has 0 spiro atoms. The van der Waals surface area contributed by atoms with Crippen LogP contribution in [-0.4, -0.2) is 5.78 Å². The maximum atomic E-state index is 11.5. The molecule has 0 aliphatic rings. The SMILES string of the molecule is CCC(C)(C)C(=O)CC(C)C. The molecule has 0 bridgehead atoms. The van der Waals surface area contributed by atoms with E-state index in [-0.39, 0.29) is 5.41 Å². The van der Waals surface area contributed by atoms with Crippen LogP contribution in [0.5, 0.6) is 0 Å². The van der Waals surface area contributed by atoms with Gasteiger partial charge in [-0.15, -0.1) is 0 Å². The molecule has 0 aromatic carbocycles. The highest BCUT2D eigenvalue weighted by atomic mass is 16.1. The van der Waals surface area contributed by atoms with Crippen molar-refractivity contribution in [2.75, 3.05) is 0 Å². The second-order valence-corrected chi connectivity index (χ2v) is 4.26. The zero-order valence-corrected chi connectivity index (χ0v) is 8.40. The van der Waals surface area contributed by atoms with Crippen LogP contribution in [0.3, 0.4) is 0 Å². The lowest BCUT2D eigenvalue weighted by Gasteiger charge is -2.21. The molecule has 11 heavy (non-hydrogen) atoms. The third-order valence-corrected chi connectivity index (χ3v) is 2.23. The van der Waals surface area contributed by atoms with Crippen LogP contribution >= 0.6 is 0 Å². The lowest BCUT2D eigenvalue weighted by Crippen LogP contribution is -2.24. The molecule has 0 aliphatic heterocycles. The Balaban J connectivity index is 4.02. The van der Waals surface area contributed by atoms with Gasteiger partial charge in [0, 0.05) is 11.8 Å². The summed E-state index contributed by atoms with van der Waals surface area (Å²) in [7, 11) is 0. The first kappa shape index (κ1) is 10.7. The average molecular weight is 156 g/mol. The van der Waals surface area contributed by atoms with Gasteiger partial charge in [0.15, 0.2) is 0 Å². The van der Waals surface area contributed by atoms with Crippen LogP contribution in [0.25, 0.3) is 0 Å². The number of carbonyl (C=O) groups excluding carboxylic acids is 1. The Morgan fingerprint density at radius 3 is 2.09 bits per heavy atom. The Labute approximate surface area is 70.2 Å². The Kier molecular flexibility index (Phi) is 3.77. The molecule has 0 saturated heterocycles. The smallest absolute Gasteiger partial charge is 0.138 e. The van der Waals surface area contributed by atoms with E-state index in [1.165, 1.54) is 0 Å². The van der Waals surface area contributed by atoms with Crippen molar-refractivity contribution in [3.63, 3.8) is 0 Å². The largest absolute Gasteiger partial charge is 0.299 e. The van der Waals surface area contributed by atoms with Crippen molar-refractivity contribution in [1.82, 2.24) is 0 Å². The lowest BCUT2D eigenvalue weighted by molar-refractivity contribution is -0.127. The van der Waals surface area contributed by atoms with Crippen LogP contribution < -0.4 is 0 Å². The zero-order chi connectivity index (χ0) is 9.07. The second-order valence-electron chi connectivity index (χ2n) is 4.26. The number of ketones is 1. The van der Waals surface area contributed by atoms with Gasteiger partial charge in [0.05, 0.1) is 0 Å². The van der Waals surface area contributed by atoms with Gasteiger partial charge in [0.1, 0.15) is 5.78 Å². The van der Waals surface area contributed by atoms with E-state index in [9.17, 15) is 4.79 Å². The summed E-state index contributed by atoms with van der Waals surface area (Å²) in [5.41, 5.74) is -0.107. The highest BCUT2D eigenvalue weighted by Gasteiger charge is 2.24. The summed E-state index contributed by atoms with van der Waals surface area (Å²) in [6, 6.07) is 0. The normalized spacial score (nSPS) is 12.2. The number of hydrogen-bond acceptors (Lipinski definition) is 1. The molecular weight excluding hydrogens is 136 g/mol. The highest BCUT2D eigenvalue weighted by molar-refractivity contribution is 5.84. The number of Topliss-reactive ketones (excluding diaryl/α,β-unsaturated/α-hetero) is 1. The predicted molar refractivity (Wildman–Crippen MR) is 48.5 cm³/mol. The molecule has 0 rings (SSSR count). The summed E-state index contributed by atoms with van der Waals surface area (Å²) >= 11 is 0. The molecule has 0 fully saturated rings. The monoisotopic (exact) mass is 156 g/mol. The topological polar surface area (TPSA) is 17.1 Å². The quantitative estimate of drug-likeness (QED) is 0.611. The van der Waals surface area contributed by atoms with Crippen LogP contribution in [0.4, 0.5) is 0 Å². The molecule has 0 unspecified atom stereocenters. The van der Waals surface area contributed by atoms with Gasteiger partial charge in [0.25, 0.3) is 0 Å². The van der Waals surface area contributed by atoms with Crippen molar-refractivity contribution in [3.05, 3.63) is 0 Å². The Morgan fingerprint density at radius 1 is 1.36 bits per heavy atom. The van der Waals surface area contributed by atoms with Gasteiger partial charge in [-0.3, -0.25) is 4.79 Å². The maximum Gasteiger partial charge on any atom is 0.138 e. The van der Waals surface area contributed by atoms with Crippen molar-refractivity contribution < 1.29 is 4.79 Å². The Morgan fingerprint density at radius 2 is 1.82 bits per heavy atom. The van der Waals surface area contributed by atoms with E-state index in [1.807, 2.05) is 13.8 Å². The fourth-order valence-corrected chi connectivity index (χ4v) is 0.844. The van der Waals surface area contributed by atoms with E-state index in [4.69, 9.17) is 0 Å². The first-order valence-corrected chi connectivity index (χ1v) is 4.43. The number of carbonyl (C=O) groups is 1. The third kappa shape index (κ3) is 3.54. The zero-order valence-electron chi connectivity index (χ0n) is 8.40. The van der Waals surface area contributed by atoms with Crippen LogP contribution in [0.15, 0.2) is 0 Å². The molecule has 0 atom stereocenters. The summed E-state index contributed by atoms with van der Waals surface area (Å²) in [6.45, 7) is 10.3. The first-order chi connectivity index (χ1) is 4.90. The molecule has 0 aromatic rings. The van der Waals surface area contributed by atoms with Crippen LogP contribution in [0.1, 0.15) is 47.5 Å². The van der Waals surface area contributed by atoms with E-state index in [0.29, 0.717) is 11.7 Å². The summed E-state index contributed by atoms with van der Waals surface area (Å²) < 4.78 is 0. The second kappa shape index (κ2) is 3.89. The first-order valence-electron chi connectivity index (χ1n) is 4.43. The predicted octanol–water partition coefficient (Wildman–Crippen LogP) is 3.04. The molecule has 0 N–H and O–H groups in total. The van der Waals surface area contributed by atoms with Crippen molar-refractivity contribution in [3.8, 4) is 0 Å². The van der Waals surface area contributed by atoms with Gasteiger partial charge in [-0.1, -0.05) is 34.6 Å². The summed E-state index contributed by atoms with van der Waals surface area (Å²) in [5, 5.41) is 0. The molecular formula is C10H20O. The molecule has 66 valence electrons. The van der Waals surface area contributed by atoms with E-state index in [1.54, 1.807) is 0 Å². The molecule has 0 radical (unpaired) electrons. The van der Waals surface area contributed by atoms with Crippen molar-refractivity contribution in [2.45, 2.75) is 47.5 Å². The van der Waals surface area contributed by atoms with Crippen molar-refractivity contribution >= 4 is 5.78 Å². The number of rotatable bonds is 4. The van der Waals surface area contributed by atoms with E-state index in [0.717, 1.165) is 12.8 Å². The molecule has 0 aliphatic carbocycles. The van der Waals surface area contributed by atoms with Gasteiger partial charge in [0.2, 0.25) is 0 Å². The minimum atomic E-state index is -0.107. The molecule has 0 heterocycles. The third-order valence-electron chi connectivity index (χ3n) is 2.23.